The summed E-state index contributed by atoms with van der Waals surface area (Å²) in [7, 11) is 0. The molecule has 1 fully saturated rings. The number of ether oxygens (including phenoxy) is 2. The van der Waals surface area contributed by atoms with Crippen LogP contribution in [0, 0.1) is 11.8 Å². The van der Waals surface area contributed by atoms with E-state index < -0.39 is 6.29 Å². The molecule has 1 saturated heterocycles. The molecule has 5 atom stereocenters. The van der Waals surface area contributed by atoms with Crippen molar-refractivity contribution in [2.24, 2.45) is 11.8 Å². The Labute approximate surface area is 115 Å². The third kappa shape index (κ3) is 3.35. The molecule has 0 radical (unpaired) electrons. The summed E-state index contributed by atoms with van der Waals surface area (Å²) < 4.78 is 11.5. The van der Waals surface area contributed by atoms with Crippen LogP contribution in [0.5, 0.6) is 0 Å². The lowest BCUT2D eigenvalue weighted by Gasteiger charge is -2.42. The van der Waals surface area contributed by atoms with Gasteiger partial charge in [0.15, 0.2) is 6.29 Å². The first-order chi connectivity index (χ1) is 9.13. The van der Waals surface area contributed by atoms with E-state index >= 15 is 0 Å². The van der Waals surface area contributed by atoms with Crippen molar-refractivity contribution in [1.82, 2.24) is 0 Å². The van der Waals surface area contributed by atoms with E-state index in [0.29, 0.717) is 12.5 Å². The van der Waals surface area contributed by atoms with Gasteiger partial charge in [0.2, 0.25) is 0 Å². The molecule has 1 aliphatic heterocycles. The maximum atomic E-state index is 10.1. The van der Waals surface area contributed by atoms with Crippen molar-refractivity contribution >= 4 is 0 Å². The van der Waals surface area contributed by atoms with Gasteiger partial charge in [0.25, 0.3) is 0 Å². The average Bonchev–Trinajstić information content (AvgIpc) is 2.44. The molecule has 0 aliphatic carbocycles. The van der Waals surface area contributed by atoms with Crippen LogP contribution in [0.2, 0.25) is 0 Å². The molecule has 0 saturated carbocycles. The van der Waals surface area contributed by atoms with Crippen LogP contribution in [0.4, 0.5) is 0 Å². The van der Waals surface area contributed by atoms with Gasteiger partial charge < -0.3 is 14.6 Å². The molecule has 1 aromatic carbocycles. The molecule has 0 aromatic heterocycles. The van der Waals surface area contributed by atoms with Crippen LogP contribution in [0.15, 0.2) is 30.3 Å². The molecule has 5 unspecified atom stereocenters. The number of rotatable bonds is 4. The second-order valence-corrected chi connectivity index (χ2v) is 5.45. The van der Waals surface area contributed by atoms with E-state index in [-0.39, 0.29) is 18.1 Å². The zero-order valence-corrected chi connectivity index (χ0v) is 12.0. The quantitative estimate of drug-likeness (QED) is 0.908. The molecule has 3 nitrogen and oxygen atoms in total. The highest BCUT2D eigenvalue weighted by molar-refractivity contribution is 5.13. The van der Waals surface area contributed by atoms with Crippen molar-refractivity contribution in [1.29, 1.82) is 0 Å². The summed E-state index contributed by atoms with van der Waals surface area (Å²) in [6.45, 7) is 6.91. The predicted molar refractivity (Wildman–Crippen MR) is 74.5 cm³/mol. The van der Waals surface area contributed by atoms with E-state index in [1.54, 1.807) is 0 Å². The summed E-state index contributed by atoms with van der Waals surface area (Å²) in [4.78, 5) is 0. The molecule has 2 rings (SSSR count). The maximum absolute atomic E-state index is 10.1. The smallest absolute Gasteiger partial charge is 0.181 e. The van der Waals surface area contributed by atoms with Gasteiger partial charge in [0.05, 0.1) is 12.7 Å². The van der Waals surface area contributed by atoms with Gasteiger partial charge in [0, 0.05) is 0 Å². The fourth-order valence-electron chi connectivity index (χ4n) is 2.75. The first kappa shape index (κ1) is 14.5. The lowest BCUT2D eigenvalue weighted by molar-refractivity contribution is -0.264. The topological polar surface area (TPSA) is 38.7 Å². The number of aliphatic hydroxyl groups is 1. The largest absolute Gasteiger partial charge is 0.368 e. The highest BCUT2D eigenvalue weighted by atomic mass is 16.6. The molecule has 1 aromatic rings. The summed E-state index contributed by atoms with van der Waals surface area (Å²) in [6, 6.07) is 10.0. The summed E-state index contributed by atoms with van der Waals surface area (Å²) in [5.41, 5.74) is 1.12. The fourth-order valence-corrected chi connectivity index (χ4v) is 2.75. The van der Waals surface area contributed by atoms with Crippen LogP contribution in [0.25, 0.3) is 0 Å². The summed E-state index contributed by atoms with van der Waals surface area (Å²) in [5.74, 6) is 0.687. The highest BCUT2D eigenvalue weighted by Crippen LogP contribution is 2.33. The molecule has 0 spiro atoms. The number of aliphatic hydroxyl groups excluding tert-OH is 1. The Morgan fingerprint density at radius 2 is 1.84 bits per heavy atom. The van der Waals surface area contributed by atoms with Crippen molar-refractivity contribution in [2.45, 2.75) is 52.3 Å². The van der Waals surface area contributed by atoms with Crippen molar-refractivity contribution in [3.8, 4) is 0 Å². The third-order valence-electron chi connectivity index (χ3n) is 4.22. The Morgan fingerprint density at radius 3 is 2.47 bits per heavy atom. The number of hydrogen-bond acceptors (Lipinski definition) is 3. The van der Waals surface area contributed by atoms with E-state index in [0.717, 1.165) is 12.0 Å². The van der Waals surface area contributed by atoms with Gasteiger partial charge in [-0.05, 0) is 23.8 Å². The van der Waals surface area contributed by atoms with Gasteiger partial charge in [-0.25, -0.2) is 0 Å². The van der Waals surface area contributed by atoms with Gasteiger partial charge in [0.1, 0.15) is 6.10 Å². The summed E-state index contributed by atoms with van der Waals surface area (Å²) in [6.07, 6.45) is -0.0204. The summed E-state index contributed by atoms with van der Waals surface area (Å²) >= 11 is 0. The van der Waals surface area contributed by atoms with Crippen LogP contribution in [0.3, 0.4) is 0 Å². The van der Waals surface area contributed by atoms with Crippen molar-refractivity contribution in [3.63, 3.8) is 0 Å². The van der Waals surface area contributed by atoms with E-state index in [2.05, 4.69) is 20.8 Å². The fraction of sp³-hybridized carbons (Fsp3) is 0.625. The normalized spacial score (nSPS) is 35.3. The standard InChI is InChI=1S/C16H24O3/c1-4-14-11(2)12(3)15(16(17)19-14)18-10-13-8-6-5-7-9-13/h5-9,11-12,14-17H,4,10H2,1-3H3. The van der Waals surface area contributed by atoms with Gasteiger partial charge in [-0.3, -0.25) is 0 Å². The SMILES string of the molecule is CCC1OC(O)C(OCc2ccccc2)C(C)C1C. The Bertz CT molecular complexity index is 379. The van der Waals surface area contributed by atoms with Gasteiger partial charge in [-0.1, -0.05) is 51.1 Å². The Hall–Kier alpha value is -0.900. The number of benzene rings is 1. The zero-order chi connectivity index (χ0) is 13.8. The van der Waals surface area contributed by atoms with Gasteiger partial charge >= 0.3 is 0 Å². The lowest BCUT2D eigenvalue weighted by atomic mass is 9.82. The zero-order valence-electron chi connectivity index (χ0n) is 12.0. The molecular formula is C16H24O3. The molecule has 106 valence electrons. The van der Waals surface area contributed by atoms with Crippen LogP contribution in [-0.4, -0.2) is 23.6 Å². The van der Waals surface area contributed by atoms with Crippen LogP contribution >= 0.6 is 0 Å². The second-order valence-electron chi connectivity index (χ2n) is 5.45. The molecule has 3 heteroatoms. The first-order valence-corrected chi connectivity index (χ1v) is 7.12. The summed E-state index contributed by atoms with van der Waals surface area (Å²) in [5, 5.41) is 10.1. The van der Waals surface area contributed by atoms with E-state index in [4.69, 9.17) is 9.47 Å². The first-order valence-electron chi connectivity index (χ1n) is 7.12. The second kappa shape index (κ2) is 6.51. The Balaban J connectivity index is 1.96. The molecule has 1 N–H and O–H groups in total. The average molecular weight is 264 g/mol. The van der Waals surface area contributed by atoms with Gasteiger partial charge in [-0.2, -0.15) is 0 Å². The molecular weight excluding hydrogens is 240 g/mol. The molecule has 0 bridgehead atoms. The monoisotopic (exact) mass is 264 g/mol. The highest BCUT2D eigenvalue weighted by Gasteiger charge is 2.40. The Kier molecular flexibility index (Phi) is 4.97. The lowest BCUT2D eigenvalue weighted by Crippen LogP contribution is -2.50. The van der Waals surface area contributed by atoms with E-state index in [1.165, 1.54) is 0 Å². The molecule has 1 heterocycles. The predicted octanol–water partition coefficient (Wildman–Crippen LogP) is 2.97. The molecule has 19 heavy (non-hydrogen) atoms. The van der Waals surface area contributed by atoms with Crippen molar-refractivity contribution in [2.75, 3.05) is 0 Å². The van der Waals surface area contributed by atoms with Crippen LogP contribution < -0.4 is 0 Å². The minimum atomic E-state index is -0.820. The maximum Gasteiger partial charge on any atom is 0.181 e. The van der Waals surface area contributed by atoms with Crippen LogP contribution in [0.1, 0.15) is 32.8 Å². The third-order valence-corrected chi connectivity index (χ3v) is 4.22. The van der Waals surface area contributed by atoms with Crippen LogP contribution in [-0.2, 0) is 16.1 Å². The number of hydrogen-bond donors (Lipinski definition) is 1. The minimum absolute atomic E-state index is 0.126. The molecule has 0 amide bonds. The van der Waals surface area contributed by atoms with Crippen molar-refractivity contribution in [3.05, 3.63) is 35.9 Å². The minimum Gasteiger partial charge on any atom is -0.368 e. The Morgan fingerprint density at radius 1 is 1.16 bits per heavy atom. The molecule has 1 aliphatic rings. The van der Waals surface area contributed by atoms with Crippen molar-refractivity contribution < 1.29 is 14.6 Å². The van der Waals surface area contributed by atoms with E-state index in [1.807, 2.05) is 30.3 Å². The van der Waals surface area contributed by atoms with E-state index in [9.17, 15) is 5.11 Å². The van der Waals surface area contributed by atoms with Gasteiger partial charge in [-0.15, -0.1) is 0 Å².